The van der Waals surface area contributed by atoms with Crippen LogP contribution in [0, 0.1) is 5.82 Å². The maximum Gasteiger partial charge on any atom is 0.242 e. The van der Waals surface area contributed by atoms with Crippen molar-refractivity contribution < 1.29 is 9.18 Å². The fraction of sp³-hybridized carbons (Fsp3) is 0.200. The number of carbonyl (C=O) groups excluding carboxylic acids is 1. The Kier molecular flexibility index (Phi) is 5.43. The number of likely N-dealkylation sites (N-methyl/N-ethyl adjacent to an activating group) is 1. The number of halogens is 1. The first-order valence-electron chi connectivity index (χ1n) is 8.33. The molecule has 0 spiro atoms. The lowest BCUT2D eigenvalue weighted by atomic mass is 10.0. The number of H-pyrrole nitrogens is 1. The highest BCUT2D eigenvalue weighted by Crippen LogP contribution is 2.22. The highest BCUT2D eigenvalue weighted by atomic mass is 19.1. The van der Waals surface area contributed by atoms with Gasteiger partial charge in [-0.3, -0.25) is 14.8 Å². The maximum absolute atomic E-state index is 13.5. The van der Waals surface area contributed by atoms with E-state index in [0.29, 0.717) is 12.1 Å². The summed E-state index contributed by atoms with van der Waals surface area (Å²) in [7, 11) is 3.59. The zero-order valence-corrected chi connectivity index (χ0v) is 14.7. The van der Waals surface area contributed by atoms with E-state index in [4.69, 9.17) is 0 Å². The molecular weight excluding hydrogens is 331 g/mol. The average molecular weight is 352 g/mol. The topological polar surface area (TPSA) is 61.0 Å². The van der Waals surface area contributed by atoms with Crippen LogP contribution in [0.4, 0.5) is 4.39 Å². The molecule has 0 aliphatic heterocycles. The third-order valence-corrected chi connectivity index (χ3v) is 4.16. The van der Waals surface area contributed by atoms with Gasteiger partial charge in [-0.25, -0.2) is 4.39 Å². The predicted octanol–water partition coefficient (Wildman–Crippen LogP) is 3.13. The van der Waals surface area contributed by atoms with Crippen molar-refractivity contribution in [2.24, 2.45) is 0 Å². The Morgan fingerprint density at radius 2 is 1.96 bits per heavy atom. The van der Waals surface area contributed by atoms with Crippen molar-refractivity contribution in [2.75, 3.05) is 14.1 Å². The molecule has 2 aromatic carbocycles. The number of carbonyl (C=O) groups is 1. The highest BCUT2D eigenvalue weighted by molar-refractivity contribution is 5.83. The Morgan fingerprint density at radius 3 is 2.65 bits per heavy atom. The van der Waals surface area contributed by atoms with E-state index in [1.165, 1.54) is 12.1 Å². The zero-order valence-electron chi connectivity index (χ0n) is 14.7. The van der Waals surface area contributed by atoms with E-state index in [1.807, 2.05) is 30.3 Å². The summed E-state index contributed by atoms with van der Waals surface area (Å²) in [5.41, 5.74) is 3.38. The van der Waals surface area contributed by atoms with Crippen molar-refractivity contribution in [1.82, 2.24) is 20.4 Å². The molecule has 0 unspecified atom stereocenters. The van der Waals surface area contributed by atoms with Gasteiger partial charge in [-0.2, -0.15) is 5.10 Å². The lowest BCUT2D eigenvalue weighted by Crippen LogP contribution is -2.36. The molecule has 2 N–H and O–H groups in total. The van der Waals surface area contributed by atoms with Crippen LogP contribution in [0.1, 0.15) is 17.2 Å². The van der Waals surface area contributed by atoms with Crippen molar-refractivity contribution in [3.8, 4) is 11.3 Å². The lowest BCUT2D eigenvalue weighted by molar-refractivity contribution is -0.125. The molecule has 3 aromatic rings. The first kappa shape index (κ1) is 17.8. The molecule has 1 atom stereocenters. The van der Waals surface area contributed by atoms with Crippen LogP contribution in [-0.4, -0.2) is 35.1 Å². The van der Waals surface area contributed by atoms with Gasteiger partial charge in [-0.15, -0.1) is 0 Å². The molecular formula is C20H21FN4O. The van der Waals surface area contributed by atoms with Crippen LogP contribution in [0.25, 0.3) is 11.3 Å². The maximum atomic E-state index is 13.5. The molecule has 0 saturated carbocycles. The third-order valence-electron chi connectivity index (χ3n) is 4.16. The fourth-order valence-corrected chi connectivity index (χ4v) is 2.94. The Labute approximate surface area is 151 Å². The van der Waals surface area contributed by atoms with E-state index in [1.54, 1.807) is 37.3 Å². The number of amides is 1. The molecule has 1 aromatic heterocycles. The van der Waals surface area contributed by atoms with E-state index in [-0.39, 0.29) is 11.7 Å². The monoisotopic (exact) mass is 352 g/mol. The molecule has 0 fully saturated rings. The molecule has 1 amide bonds. The number of nitrogens with one attached hydrogen (secondary N) is 2. The van der Waals surface area contributed by atoms with Gasteiger partial charge in [0.2, 0.25) is 5.91 Å². The number of hydrogen-bond donors (Lipinski definition) is 2. The van der Waals surface area contributed by atoms with Gasteiger partial charge in [0.05, 0.1) is 11.9 Å². The van der Waals surface area contributed by atoms with Crippen LogP contribution in [-0.2, 0) is 11.3 Å². The SMILES string of the molecule is CN(C)[C@H](C(=O)NCc1cn[nH]c1-c1ccccc1)c1cccc(F)c1. The lowest BCUT2D eigenvalue weighted by Gasteiger charge is -2.24. The van der Waals surface area contributed by atoms with Crippen molar-refractivity contribution in [3.63, 3.8) is 0 Å². The summed E-state index contributed by atoms with van der Waals surface area (Å²) in [6.07, 6.45) is 1.70. The van der Waals surface area contributed by atoms with Crippen molar-refractivity contribution in [3.05, 3.63) is 77.7 Å². The Balaban J connectivity index is 1.75. The van der Waals surface area contributed by atoms with Gasteiger partial charge in [0, 0.05) is 12.1 Å². The first-order valence-corrected chi connectivity index (χ1v) is 8.33. The van der Waals surface area contributed by atoms with Crippen molar-refractivity contribution in [1.29, 1.82) is 0 Å². The molecule has 3 rings (SSSR count). The minimum absolute atomic E-state index is 0.194. The summed E-state index contributed by atoms with van der Waals surface area (Å²) in [5, 5.41) is 10.00. The standard InChI is InChI=1S/C20H21FN4O/c1-25(2)19(15-9-6-10-17(21)11-15)20(26)22-12-16-13-23-24-18(16)14-7-4-3-5-8-14/h3-11,13,19H,12H2,1-2H3,(H,22,26)(H,23,24)/t19-/m0/s1. The van der Waals surface area contributed by atoms with Gasteiger partial charge < -0.3 is 5.32 Å². The second-order valence-corrected chi connectivity index (χ2v) is 6.28. The number of benzene rings is 2. The molecule has 6 heteroatoms. The summed E-state index contributed by atoms with van der Waals surface area (Å²) in [6.45, 7) is 0.333. The molecule has 0 radical (unpaired) electrons. The summed E-state index contributed by atoms with van der Waals surface area (Å²) < 4.78 is 13.5. The van der Waals surface area contributed by atoms with Crippen LogP contribution in [0.5, 0.6) is 0 Å². The summed E-state index contributed by atoms with van der Waals surface area (Å²) in [5.74, 6) is -0.552. The van der Waals surface area contributed by atoms with E-state index in [0.717, 1.165) is 16.8 Å². The fourth-order valence-electron chi connectivity index (χ4n) is 2.94. The minimum Gasteiger partial charge on any atom is -0.350 e. The molecule has 1 heterocycles. The molecule has 134 valence electrons. The Morgan fingerprint density at radius 1 is 1.19 bits per heavy atom. The Bertz CT molecular complexity index is 876. The summed E-state index contributed by atoms with van der Waals surface area (Å²) >= 11 is 0. The normalized spacial score (nSPS) is 12.2. The van der Waals surface area contributed by atoms with Crippen LogP contribution < -0.4 is 5.32 Å². The van der Waals surface area contributed by atoms with Gasteiger partial charge in [0.15, 0.2) is 0 Å². The predicted molar refractivity (Wildman–Crippen MR) is 98.7 cm³/mol. The largest absolute Gasteiger partial charge is 0.350 e. The Hall–Kier alpha value is -2.99. The number of aromatic amines is 1. The van der Waals surface area contributed by atoms with Gasteiger partial charge in [-0.05, 0) is 37.4 Å². The van der Waals surface area contributed by atoms with Crippen LogP contribution in [0.2, 0.25) is 0 Å². The van der Waals surface area contributed by atoms with Crippen LogP contribution >= 0.6 is 0 Å². The van der Waals surface area contributed by atoms with E-state index in [9.17, 15) is 9.18 Å². The van der Waals surface area contributed by atoms with Crippen LogP contribution in [0.3, 0.4) is 0 Å². The van der Waals surface area contributed by atoms with Crippen molar-refractivity contribution in [2.45, 2.75) is 12.6 Å². The smallest absolute Gasteiger partial charge is 0.242 e. The quantitative estimate of drug-likeness (QED) is 0.716. The van der Waals surface area contributed by atoms with Crippen LogP contribution in [0.15, 0.2) is 60.8 Å². The number of nitrogens with zero attached hydrogens (tertiary/aromatic N) is 2. The van der Waals surface area contributed by atoms with Gasteiger partial charge in [0.25, 0.3) is 0 Å². The van der Waals surface area contributed by atoms with Crippen molar-refractivity contribution >= 4 is 5.91 Å². The zero-order chi connectivity index (χ0) is 18.5. The second kappa shape index (κ2) is 7.93. The van der Waals surface area contributed by atoms with E-state index in [2.05, 4.69) is 15.5 Å². The van der Waals surface area contributed by atoms with Gasteiger partial charge in [-0.1, -0.05) is 42.5 Å². The third kappa shape index (κ3) is 3.97. The molecule has 0 saturated heterocycles. The average Bonchev–Trinajstić information content (AvgIpc) is 3.09. The number of hydrogen-bond acceptors (Lipinski definition) is 3. The summed E-state index contributed by atoms with van der Waals surface area (Å²) in [4.78, 5) is 14.5. The molecule has 5 nitrogen and oxygen atoms in total. The highest BCUT2D eigenvalue weighted by Gasteiger charge is 2.23. The molecule has 26 heavy (non-hydrogen) atoms. The first-order chi connectivity index (χ1) is 12.6. The minimum atomic E-state index is -0.572. The number of aromatic nitrogens is 2. The summed E-state index contributed by atoms with van der Waals surface area (Å²) in [6, 6.07) is 15.3. The number of rotatable bonds is 6. The molecule has 0 aliphatic carbocycles. The molecule has 0 bridgehead atoms. The van der Waals surface area contributed by atoms with E-state index < -0.39 is 6.04 Å². The van der Waals surface area contributed by atoms with E-state index >= 15 is 0 Å². The molecule has 0 aliphatic rings. The van der Waals surface area contributed by atoms with Gasteiger partial charge >= 0.3 is 0 Å². The second-order valence-electron chi connectivity index (χ2n) is 6.28. The van der Waals surface area contributed by atoms with Gasteiger partial charge in [0.1, 0.15) is 11.9 Å².